The maximum Gasteiger partial charge on any atom is 0.261 e. The number of aryl methyl sites for hydroxylation is 1. The standard InChI is InChI=1S/C20H27N3O4S2/c1-13-11-16(22-19(25)20(2,3)4)28-17(13)18(24)21-12-14-9-7-8-10-15(14)29(26,27)23(5)6/h7-11H,12H2,1-6H3,(H,21,24)(H,22,25). The number of sulfonamides is 1. The van der Waals surface area contributed by atoms with E-state index < -0.39 is 15.4 Å². The van der Waals surface area contributed by atoms with Crippen molar-refractivity contribution in [2.24, 2.45) is 5.41 Å². The van der Waals surface area contributed by atoms with Crippen LogP contribution in [0.15, 0.2) is 35.2 Å². The molecule has 29 heavy (non-hydrogen) atoms. The Bertz CT molecular complexity index is 1020. The van der Waals surface area contributed by atoms with Gasteiger partial charge < -0.3 is 10.6 Å². The fraction of sp³-hybridized carbons (Fsp3) is 0.400. The normalized spacial score (nSPS) is 12.1. The van der Waals surface area contributed by atoms with E-state index in [2.05, 4.69) is 10.6 Å². The Labute approximate surface area is 176 Å². The predicted molar refractivity (Wildman–Crippen MR) is 116 cm³/mol. The van der Waals surface area contributed by atoms with Crippen molar-refractivity contribution in [1.82, 2.24) is 9.62 Å². The van der Waals surface area contributed by atoms with Gasteiger partial charge in [-0.2, -0.15) is 0 Å². The summed E-state index contributed by atoms with van der Waals surface area (Å²) in [5.41, 5.74) is 0.707. The molecule has 9 heteroatoms. The van der Waals surface area contributed by atoms with E-state index >= 15 is 0 Å². The maximum atomic E-state index is 12.7. The third kappa shape index (κ3) is 5.43. The summed E-state index contributed by atoms with van der Waals surface area (Å²) in [7, 11) is -0.684. The van der Waals surface area contributed by atoms with Crippen molar-refractivity contribution in [2.45, 2.75) is 39.1 Å². The molecule has 2 aromatic rings. The van der Waals surface area contributed by atoms with Crippen LogP contribution in [0.2, 0.25) is 0 Å². The van der Waals surface area contributed by atoms with E-state index in [1.54, 1.807) is 31.2 Å². The number of anilines is 1. The third-order valence-electron chi connectivity index (χ3n) is 4.21. The van der Waals surface area contributed by atoms with E-state index in [0.29, 0.717) is 15.4 Å². The number of carbonyl (C=O) groups is 2. The quantitative estimate of drug-likeness (QED) is 0.725. The minimum absolute atomic E-state index is 0.0725. The molecule has 7 nitrogen and oxygen atoms in total. The first kappa shape index (κ1) is 23.1. The number of thiophene rings is 1. The highest BCUT2D eigenvalue weighted by atomic mass is 32.2. The number of benzene rings is 1. The SMILES string of the molecule is Cc1cc(NC(=O)C(C)(C)C)sc1C(=O)NCc1ccccc1S(=O)(=O)N(C)C. The number of hydrogen-bond acceptors (Lipinski definition) is 5. The van der Waals surface area contributed by atoms with Crippen molar-refractivity contribution in [3.05, 3.63) is 46.3 Å². The van der Waals surface area contributed by atoms with Gasteiger partial charge in [-0.1, -0.05) is 39.0 Å². The Kier molecular flexibility index (Phi) is 6.87. The van der Waals surface area contributed by atoms with Gasteiger partial charge in [0.05, 0.1) is 14.8 Å². The molecule has 0 bridgehead atoms. The fourth-order valence-corrected chi connectivity index (χ4v) is 4.52. The molecular formula is C20H27N3O4S2. The van der Waals surface area contributed by atoms with E-state index in [9.17, 15) is 18.0 Å². The van der Waals surface area contributed by atoms with Crippen LogP contribution >= 0.6 is 11.3 Å². The Morgan fingerprint density at radius 2 is 1.76 bits per heavy atom. The molecule has 0 saturated heterocycles. The minimum atomic E-state index is -3.61. The molecule has 0 radical (unpaired) electrons. The van der Waals surface area contributed by atoms with E-state index in [-0.39, 0.29) is 23.3 Å². The predicted octanol–water partition coefficient (Wildman–Crippen LogP) is 3.22. The van der Waals surface area contributed by atoms with Crippen LogP contribution < -0.4 is 10.6 Å². The molecule has 0 unspecified atom stereocenters. The van der Waals surface area contributed by atoms with Crippen LogP contribution in [0.4, 0.5) is 5.00 Å². The lowest BCUT2D eigenvalue weighted by atomic mass is 9.96. The zero-order chi connectivity index (χ0) is 22.0. The van der Waals surface area contributed by atoms with Gasteiger partial charge in [0, 0.05) is 26.1 Å². The van der Waals surface area contributed by atoms with Crippen LogP contribution in [0.5, 0.6) is 0 Å². The Balaban J connectivity index is 2.17. The van der Waals surface area contributed by atoms with Crippen LogP contribution in [0.1, 0.15) is 41.6 Å². The molecule has 1 heterocycles. The van der Waals surface area contributed by atoms with Gasteiger partial charge in [-0.15, -0.1) is 11.3 Å². The van der Waals surface area contributed by atoms with E-state index in [0.717, 1.165) is 9.87 Å². The molecule has 0 spiro atoms. The van der Waals surface area contributed by atoms with Gasteiger partial charge in [0.2, 0.25) is 15.9 Å². The second-order valence-corrected chi connectivity index (χ2v) is 11.1. The first-order chi connectivity index (χ1) is 13.3. The lowest BCUT2D eigenvalue weighted by Crippen LogP contribution is -2.27. The number of hydrogen-bond donors (Lipinski definition) is 2. The number of amides is 2. The number of carbonyl (C=O) groups excluding carboxylic acids is 2. The van der Waals surface area contributed by atoms with Crippen molar-refractivity contribution >= 4 is 38.2 Å². The summed E-state index contributed by atoms with van der Waals surface area (Å²) in [6.07, 6.45) is 0. The van der Waals surface area contributed by atoms with Crippen LogP contribution in [0, 0.1) is 12.3 Å². The summed E-state index contributed by atoms with van der Waals surface area (Å²) < 4.78 is 26.1. The highest BCUT2D eigenvalue weighted by Crippen LogP contribution is 2.28. The fourth-order valence-electron chi connectivity index (χ4n) is 2.42. The molecule has 0 aliphatic carbocycles. The lowest BCUT2D eigenvalue weighted by Gasteiger charge is -2.16. The number of rotatable bonds is 6. The maximum absolute atomic E-state index is 12.7. The van der Waals surface area contributed by atoms with Crippen LogP contribution in [-0.4, -0.2) is 38.6 Å². The summed E-state index contributed by atoms with van der Waals surface area (Å²) in [6.45, 7) is 7.31. The summed E-state index contributed by atoms with van der Waals surface area (Å²) in [4.78, 5) is 25.4. The van der Waals surface area contributed by atoms with Crippen molar-refractivity contribution < 1.29 is 18.0 Å². The smallest absolute Gasteiger partial charge is 0.261 e. The topological polar surface area (TPSA) is 95.6 Å². The van der Waals surface area contributed by atoms with Gasteiger partial charge in [0.1, 0.15) is 0 Å². The summed E-state index contributed by atoms with van der Waals surface area (Å²) >= 11 is 1.19. The van der Waals surface area contributed by atoms with Gasteiger partial charge in [-0.05, 0) is 30.2 Å². The van der Waals surface area contributed by atoms with Crippen molar-refractivity contribution in [2.75, 3.05) is 19.4 Å². The molecule has 0 saturated carbocycles. The van der Waals surface area contributed by atoms with E-state index in [4.69, 9.17) is 0 Å². The molecular weight excluding hydrogens is 410 g/mol. The summed E-state index contributed by atoms with van der Waals surface area (Å²) in [6, 6.07) is 8.33. The minimum Gasteiger partial charge on any atom is -0.347 e. The van der Waals surface area contributed by atoms with Crippen molar-refractivity contribution in [1.29, 1.82) is 0 Å². The highest BCUT2D eigenvalue weighted by molar-refractivity contribution is 7.89. The van der Waals surface area contributed by atoms with Gasteiger partial charge in [-0.3, -0.25) is 9.59 Å². The molecule has 1 aromatic carbocycles. The number of nitrogens with one attached hydrogen (secondary N) is 2. The van der Waals surface area contributed by atoms with Gasteiger partial charge >= 0.3 is 0 Å². The second-order valence-electron chi connectivity index (χ2n) is 7.90. The molecule has 2 N–H and O–H groups in total. The summed E-state index contributed by atoms with van der Waals surface area (Å²) in [5, 5.41) is 6.21. The van der Waals surface area contributed by atoms with Crippen LogP contribution in [-0.2, 0) is 21.4 Å². The molecule has 2 rings (SSSR count). The Morgan fingerprint density at radius 1 is 1.14 bits per heavy atom. The molecule has 0 aliphatic heterocycles. The Hall–Kier alpha value is -2.23. The van der Waals surface area contributed by atoms with Crippen LogP contribution in [0.25, 0.3) is 0 Å². The zero-order valence-corrected chi connectivity index (χ0v) is 19.1. The van der Waals surface area contributed by atoms with E-state index in [1.165, 1.54) is 31.5 Å². The summed E-state index contributed by atoms with van der Waals surface area (Å²) in [5.74, 6) is -0.450. The van der Waals surface area contributed by atoms with Crippen molar-refractivity contribution in [3.63, 3.8) is 0 Å². The molecule has 2 amide bonds. The zero-order valence-electron chi connectivity index (χ0n) is 17.5. The molecule has 0 atom stereocenters. The number of nitrogens with zero attached hydrogens (tertiary/aromatic N) is 1. The Morgan fingerprint density at radius 3 is 2.34 bits per heavy atom. The van der Waals surface area contributed by atoms with Crippen molar-refractivity contribution in [3.8, 4) is 0 Å². The van der Waals surface area contributed by atoms with E-state index in [1.807, 2.05) is 20.8 Å². The second kappa shape index (κ2) is 8.64. The first-order valence-corrected chi connectivity index (χ1v) is 11.3. The van der Waals surface area contributed by atoms with Gasteiger partial charge in [0.25, 0.3) is 5.91 Å². The largest absolute Gasteiger partial charge is 0.347 e. The average molecular weight is 438 g/mol. The molecule has 0 aliphatic rings. The average Bonchev–Trinajstić information content (AvgIpc) is 2.99. The molecule has 1 aromatic heterocycles. The highest BCUT2D eigenvalue weighted by Gasteiger charge is 2.24. The molecule has 0 fully saturated rings. The molecule has 158 valence electrons. The van der Waals surface area contributed by atoms with Crippen LogP contribution in [0.3, 0.4) is 0 Å². The monoisotopic (exact) mass is 437 g/mol. The lowest BCUT2D eigenvalue weighted by molar-refractivity contribution is -0.123. The third-order valence-corrected chi connectivity index (χ3v) is 7.28. The van der Waals surface area contributed by atoms with Gasteiger partial charge in [-0.25, -0.2) is 12.7 Å². The first-order valence-electron chi connectivity index (χ1n) is 9.04. The van der Waals surface area contributed by atoms with Gasteiger partial charge in [0.15, 0.2) is 0 Å².